The Morgan fingerprint density at radius 2 is 1.79 bits per heavy atom. The fraction of sp³-hybridized carbons (Fsp3) is 0.269. The third-order valence-electron chi connectivity index (χ3n) is 5.81. The largest absolute Gasteiger partial charge is 0.326 e. The molecular formula is C26H27N3O3S. The van der Waals surface area contributed by atoms with Crippen LogP contribution >= 0.6 is 11.3 Å². The number of nitrogens with zero attached hydrogens (tertiary/aromatic N) is 2. The van der Waals surface area contributed by atoms with E-state index in [0.717, 1.165) is 17.7 Å². The number of carbonyl (C=O) groups excluding carboxylic acids is 3. The van der Waals surface area contributed by atoms with Crippen molar-refractivity contribution in [3.05, 3.63) is 82.6 Å². The molecule has 0 spiro atoms. The number of likely N-dealkylation sites (N-methyl/N-ethyl adjacent to an activating group) is 1. The number of para-hydroxylation sites is 1. The van der Waals surface area contributed by atoms with E-state index in [1.54, 1.807) is 28.0 Å². The minimum Gasteiger partial charge on any atom is -0.326 e. The summed E-state index contributed by atoms with van der Waals surface area (Å²) in [5.41, 5.74) is 2.41. The van der Waals surface area contributed by atoms with E-state index < -0.39 is 6.04 Å². The van der Waals surface area contributed by atoms with Crippen LogP contribution in [0.3, 0.4) is 0 Å². The topological polar surface area (TPSA) is 69.7 Å². The van der Waals surface area contributed by atoms with Gasteiger partial charge < -0.3 is 15.1 Å². The van der Waals surface area contributed by atoms with E-state index in [0.29, 0.717) is 30.1 Å². The third-order valence-corrected chi connectivity index (χ3v) is 6.67. The summed E-state index contributed by atoms with van der Waals surface area (Å²) >= 11 is 1.39. The zero-order valence-electron chi connectivity index (χ0n) is 18.6. The van der Waals surface area contributed by atoms with Crippen molar-refractivity contribution in [2.75, 3.05) is 23.3 Å². The van der Waals surface area contributed by atoms with Crippen molar-refractivity contribution in [2.24, 2.45) is 0 Å². The number of likely N-dealkylation sites (tertiary alicyclic amines) is 1. The summed E-state index contributed by atoms with van der Waals surface area (Å²) in [5.74, 6) is -0.243. The number of nitrogens with one attached hydrogen (secondary N) is 1. The lowest BCUT2D eigenvalue weighted by Crippen LogP contribution is -2.42. The molecule has 0 saturated carbocycles. The smallest absolute Gasteiger partial charge is 0.264 e. The highest BCUT2D eigenvalue weighted by Crippen LogP contribution is 2.24. The zero-order chi connectivity index (χ0) is 23.2. The molecule has 1 aliphatic heterocycles. The molecule has 1 N–H and O–H groups in total. The Morgan fingerprint density at radius 1 is 1.03 bits per heavy atom. The molecule has 2 aromatic carbocycles. The number of thiophene rings is 1. The average Bonchev–Trinajstić information content (AvgIpc) is 3.54. The molecule has 1 atom stereocenters. The molecule has 0 radical (unpaired) electrons. The van der Waals surface area contributed by atoms with Gasteiger partial charge in [-0.1, -0.05) is 36.4 Å². The van der Waals surface area contributed by atoms with Crippen molar-refractivity contribution < 1.29 is 14.4 Å². The standard InChI is InChI=1S/C26H27N3O3S/c1-2-28(21-8-4-3-5-9-21)24(30)18-19-12-14-20(15-13-19)27-25(31)22-10-6-16-29(22)26(32)23-11-7-17-33-23/h3-5,7-9,11-15,17,22H,2,6,10,16,18H2,1H3,(H,27,31)/t22-/m0/s1. The summed E-state index contributed by atoms with van der Waals surface area (Å²) in [6, 6.07) is 20.1. The second-order valence-corrected chi connectivity index (χ2v) is 8.92. The maximum absolute atomic E-state index is 12.9. The van der Waals surface area contributed by atoms with E-state index in [-0.39, 0.29) is 24.1 Å². The van der Waals surface area contributed by atoms with E-state index in [4.69, 9.17) is 0 Å². The van der Waals surface area contributed by atoms with E-state index in [9.17, 15) is 14.4 Å². The lowest BCUT2D eigenvalue weighted by atomic mass is 10.1. The monoisotopic (exact) mass is 461 g/mol. The van der Waals surface area contributed by atoms with Gasteiger partial charge >= 0.3 is 0 Å². The van der Waals surface area contributed by atoms with Crippen molar-refractivity contribution in [2.45, 2.75) is 32.2 Å². The third kappa shape index (κ3) is 5.31. The van der Waals surface area contributed by atoms with E-state index in [1.165, 1.54) is 11.3 Å². The summed E-state index contributed by atoms with van der Waals surface area (Å²) in [5, 5.41) is 4.79. The van der Waals surface area contributed by atoms with Crippen molar-refractivity contribution in [1.82, 2.24) is 4.90 Å². The van der Waals surface area contributed by atoms with Gasteiger partial charge in [-0.15, -0.1) is 11.3 Å². The second-order valence-electron chi connectivity index (χ2n) is 7.97. The predicted molar refractivity (Wildman–Crippen MR) is 132 cm³/mol. The van der Waals surface area contributed by atoms with E-state index in [1.807, 2.05) is 60.8 Å². The Morgan fingerprint density at radius 3 is 2.45 bits per heavy atom. The molecule has 33 heavy (non-hydrogen) atoms. The van der Waals surface area contributed by atoms with Crippen molar-refractivity contribution in [1.29, 1.82) is 0 Å². The average molecular weight is 462 g/mol. The maximum Gasteiger partial charge on any atom is 0.264 e. The summed E-state index contributed by atoms with van der Waals surface area (Å²) in [7, 11) is 0. The van der Waals surface area contributed by atoms with Crippen LogP contribution in [0.25, 0.3) is 0 Å². The highest BCUT2D eigenvalue weighted by atomic mass is 32.1. The quantitative estimate of drug-likeness (QED) is 0.560. The fourth-order valence-corrected chi connectivity index (χ4v) is 4.82. The number of hydrogen-bond acceptors (Lipinski definition) is 4. The molecule has 2 heterocycles. The molecule has 0 aliphatic carbocycles. The number of hydrogen-bond donors (Lipinski definition) is 1. The van der Waals surface area contributed by atoms with Gasteiger partial charge in [0.2, 0.25) is 11.8 Å². The van der Waals surface area contributed by atoms with Crippen LogP contribution in [0.5, 0.6) is 0 Å². The second kappa shape index (κ2) is 10.4. The normalized spacial score (nSPS) is 15.3. The van der Waals surface area contributed by atoms with E-state index in [2.05, 4.69) is 5.32 Å². The lowest BCUT2D eigenvalue weighted by molar-refractivity contribution is -0.120. The zero-order valence-corrected chi connectivity index (χ0v) is 19.4. The van der Waals surface area contributed by atoms with Gasteiger partial charge in [-0.25, -0.2) is 0 Å². The Labute approximate surface area is 197 Å². The van der Waals surface area contributed by atoms with Crippen LogP contribution in [0.1, 0.15) is 35.0 Å². The Bertz CT molecular complexity index is 1100. The Hall–Kier alpha value is -3.45. The van der Waals surface area contributed by atoms with Crippen molar-refractivity contribution >= 4 is 40.4 Å². The molecule has 6 nitrogen and oxygen atoms in total. The fourth-order valence-electron chi connectivity index (χ4n) is 4.14. The minimum atomic E-state index is -0.468. The predicted octanol–water partition coefficient (Wildman–Crippen LogP) is 4.59. The molecule has 0 unspecified atom stereocenters. The lowest BCUT2D eigenvalue weighted by Gasteiger charge is -2.23. The highest BCUT2D eigenvalue weighted by Gasteiger charge is 2.34. The Kier molecular flexibility index (Phi) is 7.19. The summed E-state index contributed by atoms with van der Waals surface area (Å²) < 4.78 is 0. The van der Waals surface area contributed by atoms with Gasteiger partial charge in [-0.05, 0) is 61.0 Å². The summed E-state index contributed by atoms with van der Waals surface area (Å²) in [6.45, 7) is 3.14. The first-order valence-corrected chi connectivity index (χ1v) is 12.0. The number of amides is 3. The molecule has 1 fully saturated rings. The van der Waals surface area contributed by atoms with Crippen LogP contribution in [0, 0.1) is 0 Å². The van der Waals surface area contributed by atoms with Gasteiger partial charge in [0, 0.05) is 24.5 Å². The van der Waals surface area contributed by atoms with E-state index >= 15 is 0 Å². The van der Waals surface area contributed by atoms with Gasteiger partial charge in [-0.3, -0.25) is 14.4 Å². The molecule has 3 aromatic rings. The van der Waals surface area contributed by atoms with Crippen LogP contribution < -0.4 is 10.2 Å². The van der Waals surface area contributed by atoms with Crippen molar-refractivity contribution in [3.8, 4) is 0 Å². The van der Waals surface area contributed by atoms with Crippen LogP contribution in [-0.2, 0) is 16.0 Å². The SMILES string of the molecule is CCN(C(=O)Cc1ccc(NC(=O)[C@@H]2CCCN2C(=O)c2cccs2)cc1)c1ccccc1. The first-order valence-electron chi connectivity index (χ1n) is 11.2. The van der Waals surface area contributed by atoms with Crippen molar-refractivity contribution in [3.63, 3.8) is 0 Å². The molecular weight excluding hydrogens is 434 g/mol. The summed E-state index contributed by atoms with van der Waals surface area (Å²) in [6.07, 6.45) is 1.75. The van der Waals surface area contributed by atoms with Crippen LogP contribution in [-0.4, -0.2) is 41.8 Å². The number of benzene rings is 2. The Balaban J connectivity index is 1.36. The molecule has 1 aliphatic rings. The van der Waals surface area contributed by atoms with Gasteiger partial charge in [-0.2, -0.15) is 0 Å². The molecule has 1 saturated heterocycles. The molecule has 3 amide bonds. The first-order chi connectivity index (χ1) is 16.1. The molecule has 7 heteroatoms. The molecule has 1 aromatic heterocycles. The number of carbonyl (C=O) groups is 3. The molecule has 170 valence electrons. The van der Waals surface area contributed by atoms with Gasteiger partial charge in [0.15, 0.2) is 0 Å². The summed E-state index contributed by atoms with van der Waals surface area (Å²) in [4.78, 5) is 42.5. The number of anilines is 2. The highest BCUT2D eigenvalue weighted by molar-refractivity contribution is 7.12. The molecule has 0 bridgehead atoms. The number of rotatable bonds is 7. The van der Waals surface area contributed by atoms with Crippen LogP contribution in [0.4, 0.5) is 11.4 Å². The van der Waals surface area contributed by atoms with Gasteiger partial charge in [0.25, 0.3) is 5.91 Å². The first kappa shape index (κ1) is 22.7. The molecule has 4 rings (SSSR count). The minimum absolute atomic E-state index is 0.0224. The maximum atomic E-state index is 12.9. The van der Waals surface area contributed by atoms with Crippen LogP contribution in [0.2, 0.25) is 0 Å². The van der Waals surface area contributed by atoms with Crippen LogP contribution in [0.15, 0.2) is 72.1 Å². The van der Waals surface area contributed by atoms with Gasteiger partial charge in [0.1, 0.15) is 6.04 Å². The van der Waals surface area contributed by atoms with Gasteiger partial charge in [0.05, 0.1) is 11.3 Å².